The maximum atomic E-state index is 12.2. The fraction of sp³-hybridized carbons (Fsp3) is 0.333. The van der Waals surface area contributed by atoms with Gasteiger partial charge in [0, 0.05) is 13.2 Å². The molecule has 0 bridgehead atoms. The lowest BCUT2D eigenvalue weighted by Crippen LogP contribution is -2.39. The van der Waals surface area contributed by atoms with E-state index in [1.807, 2.05) is 0 Å². The first-order valence-electron chi connectivity index (χ1n) is 6.00. The van der Waals surface area contributed by atoms with Gasteiger partial charge in [0.25, 0.3) is 0 Å². The van der Waals surface area contributed by atoms with Gasteiger partial charge in [-0.3, -0.25) is 4.79 Å². The predicted octanol–water partition coefficient (Wildman–Crippen LogP) is 2.53. The summed E-state index contributed by atoms with van der Waals surface area (Å²) in [6.45, 7) is 0.0420. The molecule has 11 heteroatoms. The smallest absolute Gasteiger partial charge is 0.406 e. The Bertz CT molecular complexity index is 680. The van der Waals surface area contributed by atoms with Crippen molar-refractivity contribution in [2.75, 3.05) is 19.0 Å². The third-order valence-corrected chi connectivity index (χ3v) is 3.44. The minimum absolute atomic E-state index is 0. The Balaban J connectivity index is 0.00000264. The second-order valence-electron chi connectivity index (χ2n) is 4.25. The Morgan fingerprint density at radius 2 is 2.17 bits per heavy atom. The van der Waals surface area contributed by atoms with Crippen molar-refractivity contribution in [2.45, 2.75) is 12.4 Å². The topological polar surface area (TPSA) is 86.5 Å². The number of methoxy groups -OCH3 is 1. The van der Waals surface area contributed by atoms with Crippen LogP contribution in [0.2, 0.25) is 0 Å². The summed E-state index contributed by atoms with van der Waals surface area (Å²) in [5.74, 6) is -0.842. The first-order chi connectivity index (χ1) is 10.3. The molecule has 3 N–H and O–H groups in total. The van der Waals surface area contributed by atoms with Crippen LogP contribution in [0.15, 0.2) is 18.2 Å². The molecule has 0 spiro atoms. The molecule has 6 nitrogen and oxygen atoms in total. The highest BCUT2D eigenvalue weighted by Crippen LogP contribution is 2.31. The van der Waals surface area contributed by atoms with Crippen molar-refractivity contribution < 1.29 is 27.4 Å². The molecule has 1 aromatic heterocycles. The van der Waals surface area contributed by atoms with E-state index in [1.165, 1.54) is 19.2 Å². The van der Waals surface area contributed by atoms with Gasteiger partial charge in [0.05, 0.1) is 16.8 Å². The first-order valence-corrected chi connectivity index (χ1v) is 6.82. The van der Waals surface area contributed by atoms with Gasteiger partial charge >= 0.3 is 6.36 Å². The Morgan fingerprint density at radius 3 is 2.78 bits per heavy atom. The molecule has 1 amide bonds. The number of amides is 1. The van der Waals surface area contributed by atoms with E-state index in [2.05, 4.69) is 15.0 Å². The highest BCUT2D eigenvalue weighted by molar-refractivity contribution is 7.22. The molecule has 2 rings (SSSR count). The van der Waals surface area contributed by atoms with Gasteiger partial charge in [0.2, 0.25) is 5.91 Å². The molecule has 1 heterocycles. The molecule has 0 saturated heterocycles. The van der Waals surface area contributed by atoms with Crippen LogP contribution in [0.5, 0.6) is 5.75 Å². The van der Waals surface area contributed by atoms with Crippen LogP contribution < -0.4 is 15.8 Å². The number of nitrogens with one attached hydrogen (secondary N) is 1. The minimum atomic E-state index is -4.76. The Hall–Kier alpha value is -1.62. The van der Waals surface area contributed by atoms with Crippen molar-refractivity contribution >= 4 is 45.0 Å². The molecular weight excluding hydrogens is 359 g/mol. The van der Waals surface area contributed by atoms with Gasteiger partial charge in [-0.25, -0.2) is 4.98 Å². The third-order valence-electron chi connectivity index (χ3n) is 2.51. The fourth-order valence-corrected chi connectivity index (χ4v) is 2.51. The SMILES string of the molecule is COCC(N)C(=O)Nc1nc2ccc(OC(F)(F)F)cc2s1.Cl. The maximum absolute atomic E-state index is 12.2. The second kappa shape index (κ2) is 7.77. The lowest BCUT2D eigenvalue weighted by Gasteiger charge is -2.08. The van der Waals surface area contributed by atoms with Crippen LogP contribution in [-0.2, 0) is 9.53 Å². The van der Waals surface area contributed by atoms with Gasteiger partial charge in [0.1, 0.15) is 11.8 Å². The maximum Gasteiger partial charge on any atom is 0.573 e. The zero-order valence-electron chi connectivity index (χ0n) is 11.7. The number of fused-ring (bicyclic) bond motifs is 1. The summed E-state index contributed by atoms with van der Waals surface area (Å²) in [6, 6.07) is 2.86. The van der Waals surface area contributed by atoms with E-state index >= 15 is 0 Å². The highest BCUT2D eigenvalue weighted by Gasteiger charge is 2.31. The van der Waals surface area contributed by atoms with E-state index in [-0.39, 0.29) is 29.9 Å². The summed E-state index contributed by atoms with van der Waals surface area (Å²) >= 11 is 1.01. The molecule has 1 aromatic carbocycles. The van der Waals surface area contributed by atoms with Crippen LogP contribution in [0.1, 0.15) is 0 Å². The number of anilines is 1. The lowest BCUT2D eigenvalue weighted by molar-refractivity contribution is -0.274. The zero-order chi connectivity index (χ0) is 16.3. The molecular formula is C12H13ClF3N3O3S. The zero-order valence-corrected chi connectivity index (χ0v) is 13.3. The van der Waals surface area contributed by atoms with E-state index in [0.717, 1.165) is 17.4 Å². The molecule has 0 saturated carbocycles. The van der Waals surface area contributed by atoms with Crippen LogP contribution in [0.25, 0.3) is 10.2 Å². The van der Waals surface area contributed by atoms with Gasteiger partial charge in [-0.15, -0.1) is 25.6 Å². The number of hydrogen-bond donors (Lipinski definition) is 2. The molecule has 0 aliphatic carbocycles. The number of halogens is 4. The number of carbonyl (C=O) groups is 1. The number of hydrogen-bond acceptors (Lipinski definition) is 6. The average molecular weight is 372 g/mol. The molecule has 0 fully saturated rings. The molecule has 1 unspecified atom stereocenters. The third kappa shape index (κ3) is 5.50. The number of nitrogens with two attached hydrogens (primary N) is 1. The molecule has 1 atom stereocenters. The van der Waals surface area contributed by atoms with E-state index in [0.29, 0.717) is 10.2 Å². The fourth-order valence-electron chi connectivity index (χ4n) is 1.61. The number of alkyl halides is 3. The number of benzene rings is 1. The van der Waals surface area contributed by atoms with Gasteiger partial charge in [-0.1, -0.05) is 11.3 Å². The summed E-state index contributed by atoms with van der Waals surface area (Å²) in [5, 5.41) is 2.72. The van der Waals surface area contributed by atoms with Crippen LogP contribution >= 0.6 is 23.7 Å². The Kier molecular flexibility index (Phi) is 6.57. The lowest BCUT2D eigenvalue weighted by atomic mass is 10.3. The summed E-state index contributed by atoms with van der Waals surface area (Å²) in [7, 11) is 1.41. The van der Waals surface area contributed by atoms with Crippen molar-refractivity contribution in [3.05, 3.63) is 18.2 Å². The minimum Gasteiger partial charge on any atom is -0.406 e. The molecule has 0 aliphatic heterocycles. The number of ether oxygens (including phenoxy) is 2. The number of rotatable bonds is 5. The molecule has 128 valence electrons. The highest BCUT2D eigenvalue weighted by atomic mass is 35.5. The second-order valence-corrected chi connectivity index (χ2v) is 5.28. The standard InChI is InChI=1S/C12H12F3N3O3S.ClH/c1-20-5-7(16)10(19)18-11-17-8-3-2-6(4-9(8)22-11)21-12(13,14)15;/h2-4,7H,5,16H2,1H3,(H,17,18,19);1H. The van der Waals surface area contributed by atoms with Crippen LogP contribution in [-0.4, -0.2) is 37.0 Å². The van der Waals surface area contributed by atoms with Crippen LogP contribution in [0.4, 0.5) is 18.3 Å². The first kappa shape index (κ1) is 19.4. The number of thiazole rings is 1. The van der Waals surface area contributed by atoms with Crippen molar-refractivity contribution in [1.82, 2.24) is 4.98 Å². The van der Waals surface area contributed by atoms with Gasteiger partial charge in [-0.2, -0.15) is 0 Å². The van der Waals surface area contributed by atoms with E-state index in [1.54, 1.807) is 0 Å². The summed E-state index contributed by atoms with van der Waals surface area (Å²) in [6.07, 6.45) is -4.76. The van der Waals surface area contributed by atoms with E-state index in [9.17, 15) is 18.0 Å². The number of nitrogens with zero attached hydrogens (tertiary/aromatic N) is 1. The van der Waals surface area contributed by atoms with Crippen molar-refractivity contribution in [1.29, 1.82) is 0 Å². The van der Waals surface area contributed by atoms with Crippen molar-refractivity contribution in [3.8, 4) is 5.75 Å². The molecule has 23 heavy (non-hydrogen) atoms. The summed E-state index contributed by atoms with van der Waals surface area (Å²) in [4.78, 5) is 15.8. The quantitative estimate of drug-likeness (QED) is 0.843. The monoisotopic (exact) mass is 371 g/mol. The Labute approximate surface area is 139 Å². The van der Waals surface area contributed by atoms with Gasteiger partial charge < -0.3 is 20.5 Å². The van der Waals surface area contributed by atoms with Crippen molar-refractivity contribution in [2.24, 2.45) is 5.73 Å². The predicted molar refractivity (Wildman–Crippen MR) is 82.0 cm³/mol. The largest absolute Gasteiger partial charge is 0.573 e. The molecule has 0 aliphatic rings. The van der Waals surface area contributed by atoms with Crippen LogP contribution in [0, 0.1) is 0 Å². The van der Waals surface area contributed by atoms with Gasteiger partial charge in [0.15, 0.2) is 5.13 Å². The summed E-state index contributed by atoms with van der Waals surface area (Å²) in [5.41, 5.74) is 6.00. The summed E-state index contributed by atoms with van der Waals surface area (Å²) < 4.78 is 45.5. The molecule has 2 aromatic rings. The number of carbonyl (C=O) groups excluding carboxylic acids is 1. The number of aromatic nitrogens is 1. The van der Waals surface area contributed by atoms with E-state index in [4.69, 9.17) is 10.5 Å². The molecule has 0 radical (unpaired) electrons. The van der Waals surface area contributed by atoms with Crippen molar-refractivity contribution in [3.63, 3.8) is 0 Å². The Morgan fingerprint density at radius 1 is 1.48 bits per heavy atom. The normalized spacial score (nSPS) is 12.6. The average Bonchev–Trinajstić information content (AvgIpc) is 2.78. The van der Waals surface area contributed by atoms with Crippen LogP contribution in [0.3, 0.4) is 0 Å². The van der Waals surface area contributed by atoms with E-state index < -0.39 is 18.3 Å². The van der Waals surface area contributed by atoms with Gasteiger partial charge in [-0.05, 0) is 12.1 Å².